The smallest absolute Gasteiger partial charge is 0.341 e. The zero-order valence-corrected chi connectivity index (χ0v) is 27.4. The van der Waals surface area contributed by atoms with Gasteiger partial charge in [0.2, 0.25) is 0 Å². The Bertz CT molecular complexity index is 1730. The van der Waals surface area contributed by atoms with E-state index in [-0.39, 0.29) is 43.3 Å². The molecule has 4 aromatic rings. The molecule has 10 nitrogen and oxygen atoms in total. The maximum atomic E-state index is 14.3. The highest BCUT2D eigenvalue weighted by Crippen LogP contribution is 2.42. The number of aliphatic hydroxyl groups excluding tert-OH is 2. The van der Waals surface area contributed by atoms with Gasteiger partial charge in [0.15, 0.2) is 0 Å². The van der Waals surface area contributed by atoms with Gasteiger partial charge in [-0.2, -0.15) is 0 Å². The molecule has 0 radical (unpaired) electrons. The van der Waals surface area contributed by atoms with Crippen LogP contribution in [0.5, 0.6) is 5.75 Å². The Kier molecular flexibility index (Phi) is 12.1. The van der Waals surface area contributed by atoms with E-state index in [2.05, 4.69) is 5.32 Å². The average molecular weight is 661 g/mol. The molecule has 0 saturated heterocycles. The number of rotatable bonds is 15. The summed E-state index contributed by atoms with van der Waals surface area (Å²) < 4.78 is 26.3. The number of esters is 1. The number of hydrogen-bond acceptors (Lipinski definition) is 7. The maximum absolute atomic E-state index is 14.3. The fraction of sp³-hybridized carbons (Fsp3) is 0.324. The molecule has 4 N–H and O–H groups in total. The SMILES string of the molecule is COC(=O)c1ccc(CNC(=O)c2c(-c3ccccc3)c(-c3ccc(F)cc3)c(CCC(O)CC(O)CC(=O)O)n2C(C)C)cc1OC. The number of hydrogen-bond donors (Lipinski definition) is 4. The molecule has 3 aromatic carbocycles. The molecule has 1 amide bonds. The van der Waals surface area contributed by atoms with E-state index in [4.69, 9.17) is 14.6 Å². The second-order valence-corrected chi connectivity index (χ2v) is 11.8. The number of benzene rings is 3. The normalized spacial score (nSPS) is 12.4. The van der Waals surface area contributed by atoms with Gasteiger partial charge in [-0.25, -0.2) is 9.18 Å². The summed E-state index contributed by atoms with van der Waals surface area (Å²) in [6.45, 7) is 3.98. The summed E-state index contributed by atoms with van der Waals surface area (Å²) in [6, 6.07) is 20.1. The van der Waals surface area contributed by atoms with Crippen molar-refractivity contribution in [2.45, 2.75) is 64.3 Å². The quantitative estimate of drug-likeness (QED) is 0.117. The largest absolute Gasteiger partial charge is 0.496 e. The molecule has 11 heteroatoms. The summed E-state index contributed by atoms with van der Waals surface area (Å²) in [5, 5.41) is 33.0. The third-order valence-corrected chi connectivity index (χ3v) is 8.03. The number of aliphatic carboxylic acids is 1. The second kappa shape index (κ2) is 16.2. The number of carboxylic acids is 1. The van der Waals surface area contributed by atoms with Crippen LogP contribution in [0.3, 0.4) is 0 Å². The van der Waals surface area contributed by atoms with Gasteiger partial charge in [-0.3, -0.25) is 9.59 Å². The van der Waals surface area contributed by atoms with Gasteiger partial charge in [-0.15, -0.1) is 0 Å². The predicted molar refractivity (Wildman–Crippen MR) is 178 cm³/mol. The Morgan fingerprint density at radius 3 is 2.17 bits per heavy atom. The summed E-state index contributed by atoms with van der Waals surface area (Å²) in [7, 11) is 2.72. The van der Waals surface area contributed by atoms with Crippen molar-refractivity contribution in [2.24, 2.45) is 0 Å². The summed E-state index contributed by atoms with van der Waals surface area (Å²) in [4.78, 5) is 37.5. The number of halogens is 1. The van der Waals surface area contributed by atoms with E-state index < -0.39 is 36.4 Å². The molecule has 0 aliphatic rings. The Hall–Kier alpha value is -5.00. The lowest BCUT2D eigenvalue weighted by Gasteiger charge is -2.20. The molecule has 1 heterocycles. The molecule has 4 rings (SSSR count). The van der Waals surface area contributed by atoms with Gasteiger partial charge < -0.3 is 34.7 Å². The van der Waals surface area contributed by atoms with Crippen molar-refractivity contribution in [2.75, 3.05) is 14.2 Å². The van der Waals surface area contributed by atoms with E-state index in [9.17, 15) is 29.0 Å². The van der Waals surface area contributed by atoms with Gasteiger partial charge in [-0.05, 0) is 74.1 Å². The first-order chi connectivity index (χ1) is 22.9. The Labute approximate surface area is 278 Å². The minimum Gasteiger partial charge on any atom is -0.496 e. The standard InChI is InChI=1S/C37H41FN2O8/c1-22(2)40-30(17-15-27(41)19-28(42)20-32(43)44)33(25-11-13-26(38)14-12-25)34(24-8-6-5-7-9-24)35(40)36(45)39-21-23-10-16-29(37(46)48-4)31(18-23)47-3/h5-14,16,18,22,27-28,41-42H,15,17,19-21H2,1-4H3,(H,39,45)(H,43,44). The van der Waals surface area contributed by atoms with Gasteiger partial charge in [0.25, 0.3) is 5.91 Å². The Morgan fingerprint density at radius 1 is 0.896 bits per heavy atom. The number of carbonyl (C=O) groups is 3. The van der Waals surface area contributed by atoms with E-state index in [1.165, 1.54) is 26.4 Å². The molecule has 1 aromatic heterocycles. The Morgan fingerprint density at radius 2 is 1.56 bits per heavy atom. The molecule has 0 aliphatic carbocycles. The summed E-state index contributed by atoms with van der Waals surface area (Å²) in [6.07, 6.45) is -2.41. The van der Waals surface area contributed by atoms with Gasteiger partial charge >= 0.3 is 11.9 Å². The van der Waals surface area contributed by atoms with Crippen LogP contribution in [-0.4, -0.2) is 64.2 Å². The lowest BCUT2D eigenvalue weighted by atomic mass is 9.92. The fourth-order valence-electron chi connectivity index (χ4n) is 5.90. The highest BCUT2D eigenvalue weighted by atomic mass is 19.1. The Balaban J connectivity index is 1.82. The van der Waals surface area contributed by atoms with Crippen LogP contribution in [0.25, 0.3) is 22.3 Å². The number of carbonyl (C=O) groups excluding carboxylic acids is 2. The number of ether oxygens (including phenoxy) is 2. The molecule has 254 valence electrons. The maximum Gasteiger partial charge on any atom is 0.341 e. The molecule has 2 atom stereocenters. The highest BCUT2D eigenvalue weighted by Gasteiger charge is 2.30. The molecule has 0 aliphatic heterocycles. The van der Waals surface area contributed by atoms with Crippen molar-refractivity contribution in [1.82, 2.24) is 9.88 Å². The number of aromatic nitrogens is 1. The minimum absolute atomic E-state index is 0.107. The molecule has 48 heavy (non-hydrogen) atoms. The zero-order valence-electron chi connectivity index (χ0n) is 27.4. The zero-order chi connectivity index (χ0) is 35.0. The van der Waals surface area contributed by atoms with Crippen LogP contribution in [0.2, 0.25) is 0 Å². The van der Waals surface area contributed by atoms with Crippen molar-refractivity contribution in [1.29, 1.82) is 0 Å². The van der Waals surface area contributed by atoms with Gasteiger partial charge in [0.05, 0.1) is 32.8 Å². The predicted octanol–water partition coefficient (Wildman–Crippen LogP) is 5.79. The lowest BCUT2D eigenvalue weighted by molar-refractivity contribution is -0.139. The van der Waals surface area contributed by atoms with Crippen LogP contribution >= 0.6 is 0 Å². The molecular formula is C37H41FN2O8. The second-order valence-electron chi connectivity index (χ2n) is 11.8. The highest BCUT2D eigenvalue weighted by molar-refractivity contribution is 6.05. The van der Waals surface area contributed by atoms with E-state index in [0.717, 1.165) is 11.3 Å². The van der Waals surface area contributed by atoms with E-state index in [0.29, 0.717) is 33.7 Å². The van der Waals surface area contributed by atoms with Crippen LogP contribution in [0, 0.1) is 5.82 Å². The topological polar surface area (TPSA) is 147 Å². The summed E-state index contributed by atoms with van der Waals surface area (Å²) >= 11 is 0. The molecule has 0 spiro atoms. The van der Waals surface area contributed by atoms with E-state index >= 15 is 0 Å². The van der Waals surface area contributed by atoms with Crippen LogP contribution in [-0.2, 0) is 22.5 Å². The first kappa shape index (κ1) is 35.8. The molecule has 0 saturated carbocycles. The van der Waals surface area contributed by atoms with Crippen molar-refractivity contribution < 1.29 is 43.6 Å². The molecule has 0 bridgehead atoms. The number of aliphatic hydroxyl groups is 2. The summed E-state index contributed by atoms with van der Waals surface area (Å²) in [5.74, 6) is -2.21. The van der Waals surface area contributed by atoms with E-state index in [1.807, 2.05) is 48.7 Å². The molecule has 0 fully saturated rings. The van der Waals surface area contributed by atoms with Gasteiger partial charge in [0.1, 0.15) is 22.8 Å². The van der Waals surface area contributed by atoms with Crippen molar-refractivity contribution in [3.63, 3.8) is 0 Å². The molecule has 2 unspecified atom stereocenters. The molecular weight excluding hydrogens is 619 g/mol. The van der Waals surface area contributed by atoms with Crippen LogP contribution < -0.4 is 10.1 Å². The first-order valence-corrected chi connectivity index (χ1v) is 15.6. The van der Waals surface area contributed by atoms with Crippen molar-refractivity contribution >= 4 is 17.8 Å². The lowest BCUT2D eigenvalue weighted by Crippen LogP contribution is -2.27. The number of methoxy groups -OCH3 is 2. The van der Waals surface area contributed by atoms with Crippen LogP contribution in [0.1, 0.15) is 71.3 Å². The number of nitrogens with zero attached hydrogens (tertiary/aromatic N) is 1. The minimum atomic E-state index is -1.22. The number of amides is 1. The fourth-order valence-corrected chi connectivity index (χ4v) is 5.90. The monoisotopic (exact) mass is 660 g/mol. The summed E-state index contributed by atoms with van der Waals surface area (Å²) in [5.41, 5.74) is 4.76. The third-order valence-electron chi connectivity index (χ3n) is 8.03. The van der Waals surface area contributed by atoms with E-state index in [1.54, 1.807) is 30.3 Å². The van der Waals surface area contributed by atoms with Crippen molar-refractivity contribution in [3.05, 3.63) is 101 Å². The van der Waals surface area contributed by atoms with Gasteiger partial charge in [-0.1, -0.05) is 48.5 Å². The van der Waals surface area contributed by atoms with Crippen molar-refractivity contribution in [3.8, 4) is 28.0 Å². The van der Waals surface area contributed by atoms with Crippen LogP contribution in [0.4, 0.5) is 4.39 Å². The number of nitrogens with one attached hydrogen (secondary N) is 1. The van der Waals surface area contributed by atoms with Gasteiger partial charge in [0, 0.05) is 29.4 Å². The number of carboxylic acid groups (broad SMARTS) is 1. The third kappa shape index (κ3) is 8.47. The average Bonchev–Trinajstić information content (AvgIpc) is 3.41. The first-order valence-electron chi connectivity index (χ1n) is 15.6. The van der Waals surface area contributed by atoms with Crippen LogP contribution in [0.15, 0.2) is 72.8 Å².